The van der Waals surface area contributed by atoms with Gasteiger partial charge < -0.3 is 5.73 Å². The Balaban J connectivity index is 2.47. The Morgan fingerprint density at radius 1 is 1.33 bits per heavy atom. The molecule has 12 heavy (non-hydrogen) atoms. The average Bonchev–Trinajstić information content (AvgIpc) is 2.28. The molecule has 1 aromatic carbocycles. The van der Waals surface area contributed by atoms with E-state index >= 15 is 0 Å². The molecule has 2 N–H and O–H groups in total. The van der Waals surface area contributed by atoms with E-state index in [4.69, 9.17) is 5.73 Å². The van der Waals surface area contributed by atoms with Gasteiger partial charge in [-0.05, 0) is 41.5 Å². The van der Waals surface area contributed by atoms with Crippen molar-refractivity contribution in [3.63, 3.8) is 0 Å². The second-order valence-electron chi connectivity index (χ2n) is 3.93. The fourth-order valence-electron chi connectivity index (χ4n) is 2.08. The van der Waals surface area contributed by atoms with Gasteiger partial charge in [-0.25, -0.2) is 0 Å². The summed E-state index contributed by atoms with van der Waals surface area (Å²) in [6.45, 7) is 4.60. The molecule has 0 radical (unpaired) electrons. The number of nitrogen functional groups attached to an aromatic ring is 1. The lowest BCUT2D eigenvalue weighted by molar-refractivity contribution is 0.532. The number of hydrogen-bond acceptors (Lipinski definition) is 1. The molecular weight excluding hydrogens is 146 g/mol. The SMILES string of the molecule is CC1Cc2cc(N)ccc2C1C. The highest BCUT2D eigenvalue weighted by Crippen LogP contribution is 2.37. The van der Waals surface area contributed by atoms with Crippen LogP contribution in [-0.4, -0.2) is 0 Å². The summed E-state index contributed by atoms with van der Waals surface area (Å²) in [6, 6.07) is 6.31. The number of fused-ring (bicyclic) bond motifs is 1. The van der Waals surface area contributed by atoms with Crippen molar-refractivity contribution in [3.05, 3.63) is 29.3 Å². The van der Waals surface area contributed by atoms with Crippen LogP contribution in [0.5, 0.6) is 0 Å². The van der Waals surface area contributed by atoms with Crippen LogP contribution in [-0.2, 0) is 6.42 Å². The number of rotatable bonds is 0. The highest BCUT2D eigenvalue weighted by Gasteiger charge is 2.25. The van der Waals surface area contributed by atoms with Crippen LogP contribution in [0, 0.1) is 5.92 Å². The number of anilines is 1. The van der Waals surface area contributed by atoms with Crippen molar-refractivity contribution in [1.82, 2.24) is 0 Å². The van der Waals surface area contributed by atoms with Crippen LogP contribution < -0.4 is 5.73 Å². The lowest BCUT2D eigenvalue weighted by Crippen LogP contribution is -1.97. The van der Waals surface area contributed by atoms with E-state index in [-0.39, 0.29) is 0 Å². The molecule has 1 heteroatoms. The highest BCUT2D eigenvalue weighted by molar-refractivity contribution is 5.48. The van der Waals surface area contributed by atoms with Crippen molar-refractivity contribution in [2.24, 2.45) is 5.92 Å². The predicted octanol–water partition coefficient (Wildman–Crippen LogP) is 2.56. The fourth-order valence-corrected chi connectivity index (χ4v) is 2.08. The van der Waals surface area contributed by atoms with Gasteiger partial charge >= 0.3 is 0 Å². The van der Waals surface area contributed by atoms with Gasteiger partial charge in [-0.3, -0.25) is 0 Å². The average molecular weight is 161 g/mol. The molecule has 1 aromatic rings. The summed E-state index contributed by atoms with van der Waals surface area (Å²) in [6.07, 6.45) is 1.20. The highest BCUT2D eigenvalue weighted by atomic mass is 14.5. The Hall–Kier alpha value is -0.980. The molecule has 1 nitrogen and oxygen atoms in total. The van der Waals surface area contributed by atoms with Crippen molar-refractivity contribution >= 4 is 5.69 Å². The van der Waals surface area contributed by atoms with Gasteiger partial charge in [-0.15, -0.1) is 0 Å². The summed E-state index contributed by atoms with van der Waals surface area (Å²) in [5.41, 5.74) is 9.57. The maximum absolute atomic E-state index is 5.72. The summed E-state index contributed by atoms with van der Waals surface area (Å²) < 4.78 is 0. The van der Waals surface area contributed by atoms with E-state index in [9.17, 15) is 0 Å². The Morgan fingerprint density at radius 2 is 2.08 bits per heavy atom. The van der Waals surface area contributed by atoms with Gasteiger partial charge in [0.1, 0.15) is 0 Å². The molecule has 0 bridgehead atoms. The van der Waals surface area contributed by atoms with Gasteiger partial charge in [0.05, 0.1) is 0 Å². The second-order valence-corrected chi connectivity index (χ2v) is 3.93. The quantitative estimate of drug-likeness (QED) is 0.581. The predicted molar refractivity (Wildman–Crippen MR) is 52.1 cm³/mol. The Labute approximate surface area is 73.6 Å². The molecule has 2 rings (SSSR count). The van der Waals surface area contributed by atoms with Crippen LogP contribution in [0.1, 0.15) is 30.9 Å². The first-order valence-corrected chi connectivity index (χ1v) is 4.57. The fraction of sp³-hybridized carbons (Fsp3) is 0.455. The molecule has 0 aliphatic heterocycles. The molecular formula is C11H15N. The van der Waals surface area contributed by atoms with Crippen LogP contribution in [0.25, 0.3) is 0 Å². The van der Waals surface area contributed by atoms with E-state index in [0.717, 1.165) is 11.6 Å². The largest absolute Gasteiger partial charge is 0.399 e. The third-order valence-corrected chi connectivity index (χ3v) is 3.05. The number of nitrogens with two attached hydrogens (primary N) is 1. The van der Waals surface area contributed by atoms with Crippen LogP contribution in [0.4, 0.5) is 5.69 Å². The van der Waals surface area contributed by atoms with Gasteiger partial charge in [0.2, 0.25) is 0 Å². The zero-order chi connectivity index (χ0) is 8.72. The van der Waals surface area contributed by atoms with Crippen LogP contribution in [0.15, 0.2) is 18.2 Å². The minimum Gasteiger partial charge on any atom is -0.399 e. The number of benzene rings is 1. The molecule has 0 amide bonds. The molecule has 0 spiro atoms. The molecule has 64 valence electrons. The van der Waals surface area contributed by atoms with E-state index in [0.29, 0.717) is 5.92 Å². The molecule has 2 unspecified atom stereocenters. The van der Waals surface area contributed by atoms with Crippen molar-refractivity contribution in [3.8, 4) is 0 Å². The smallest absolute Gasteiger partial charge is 0.0316 e. The van der Waals surface area contributed by atoms with E-state index in [1.807, 2.05) is 6.07 Å². The molecule has 0 heterocycles. The minimum atomic E-state index is 0.709. The third kappa shape index (κ3) is 1.01. The van der Waals surface area contributed by atoms with Gasteiger partial charge in [-0.2, -0.15) is 0 Å². The molecule has 0 saturated carbocycles. The molecule has 1 aliphatic carbocycles. The molecule has 0 fully saturated rings. The normalized spacial score (nSPS) is 27.2. The summed E-state index contributed by atoms with van der Waals surface area (Å²) in [7, 11) is 0. The third-order valence-electron chi connectivity index (χ3n) is 3.05. The zero-order valence-corrected chi connectivity index (χ0v) is 7.67. The Morgan fingerprint density at radius 3 is 2.83 bits per heavy atom. The second kappa shape index (κ2) is 2.51. The maximum atomic E-state index is 5.72. The van der Waals surface area contributed by atoms with Crippen LogP contribution >= 0.6 is 0 Å². The van der Waals surface area contributed by atoms with Crippen molar-refractivity contribution < 1.29 is 0 Å². The summed E-state index contributed by atoms with van der Waals surface area (Å²) in [4.78, 5) is 0. The lowest BCUT2D eigenvalue weighted by atomic mass is 9.97. The van der Waals surface area contributed by atoms with Crippen LogP contribution in [0.3, 0.4) is 0 Å². The first-order chi connectivity index (χ1) is 5.68. The van der Waals surface area contributed by atoms with Crippen molar-refractivity contribution in [2.45, 2.75) is 26.2 Å². The first-order valence-electron chi connectivity index (χ1n) is 4.57. The Kier molecular flexibility index (Phi) is 1.60. The molecule has 0 aromatic heterocycles. The Bertz CT molecular complexity index is 304. The minimum absolute atomic E-state index is 0.709. The lowest BCUT2D eigenvalue weighted by Gasteiger charge is -2.08. The number of hydrogen-bond donors (Lipinski definition) is 1. The van der Waals surface area contributed by atoms with Gasteiger partial charge in [-0.1, -0.05) is 19.9 Å². The van der Waals surface area contributed by atoms with E-state index in [1.54, 1.807) is 0 Å². The maximum Gasteiger partial charge on any atom is 0.0316 e. The van der Waals surface area contributed by atoms with Crippen molar-refractivity contribution in [2.75, 3.05) is 5.73 Å². The summed E-state index contributed by atoms with van der Waals surface area (Å²) in [5.74, 6) is 1.49. The van der Waals surface area contributed by atoms with E-state index < -0.39 is 0 Å². The first kappa shape index (κ1) is 7.66. The molecule has 1 aliphatic rings. The zero-order valence-electron chi connectivity index (χ0n) is 7.67. The van der Waals surface area contributed by atoms with Crippen molar-refractivity contribution in [1.29, 1.82) is 0 Å². The van der Waals surface area contributed by atoms with Gasteiger partial charge in [0, 0.05) is 5.69 Å². The van der Waals surface area contributed by atoms with E-state index in [1.165, 1.54) is 17.5 Å². The monoisotopic (exact) mass is 161 g/mol. The van der Waals surface area contributed by atoms with E-state index in [2.05, 4.69) is 26.0 Å². The molecule has 2 atom stereocenters. The molecule has 0 saturated heterocycles. The van der Waals surface area contributed by atoms with Gasteiger partial charge in [0.15, 0.2) is 0 Å². The summed E-state index contributed by atoms with van der Waals surface area (Å²) in [5, 5.41) is 0. The standard InChI is InChI=1S/C11H15N/c1-7-5-9-6-10(12)3-4-11(9)8(7)2/h3-4,6-8H,5,12H2,1-2H3. The topological polar surface area (TPSA) is 26.0 Å². The summed E-state index contributed by atoms with van der Waals surface area (Å²) >= 11 is 0. The van der Waals surface area contributed by atoms with Gasteiger partial charge in [0.25, 0.3) is 0 Å². The van der Waals surface area contributed by atoms with Crippen LogP contribution in [0.2, 0.25) is 0 Å².